The highest BCUT2D eigenvalue weighted by atomic mass is 35.5. The van der Waals surface area contributed by atoms with Gasteiger partial charge in [0.1, 0.15) is 12.7 Å². The van der Waals surface area contributed by atoms with Crippen molar-refractivity contribution in [2.24, 2.45) is 0 Å². The minimum atomic E-state index is 0.593. The Morgan fingerprint density at radius 3 is 2.47 bits per heavy atom. The Balaban J connectivity index is 2.72. The number of nitrogens with zero attached hydrogens (tertiary/aromatic N) is 5. The summed E-state index contributed by atoms with van der Waals surface area (Å²) >= 11 is 6.06. The topological polar surface area (TPSA) is 45.2 Å². The number of hydrogen-bond acceptors (Lipinski definition) is 5. The second kappa shape index (κ2) is 6.53. The Morgan fingerprint density at radius 1 is 1.27 bits per heavy atom. The summed E-state index contributed by atoms with van der Waals surface area (Å²) in [5.74, 6) is 0.593. The van der Waals surface area contributed by atoms with Crippen LogP contribution in [0.4, 0.5) is 5.95 Å². The van der Waals surface area contributed by atoms with Crippen LogP contribution in [0.15, 0.2) is 12.7 Å². The normalized spacial score (nSPS) is 10.7. The van der Waals surface area contributed by atoms with Gasteiger partial charge in [-0.05, 0) is 25.1 Å². The van der Waals surface area contributed by atoms with Gasteiger partial charge in [-0.15, -0.1) is 4.53 Å². The zero-order valence-corrected chi connectivity index (χ0v) is 9.85. The molecule has 6 heteroatoms. The molecular formula is C9H16ClN5. The first-order valence-electron chi connectivity index (χ1n) is 5.12. The van der Waals surface area contributed by atoms with E-state index in [-0.39, 0.29) is 0 Å². The van der Waals surface area contributed by atoms with Crippen molar-refractivity contribution in [1.29, 1.82) is 0 Å². The van der Waals surface area contributed by atoms with Gasteiger partial charge in [-0.3, -0.25) is 5.01 Å². The van der Waals surface area contributed by atoms with Gasteiger partial charge in [0.2, 0.25) is 5.95 Å². The van der Waals surface area contributed by atoms with Gasteiger partial charge in [0.25, 0.3) is 0 Å². The van der Waals surface area contributed by atoms with E-state index in [0.717, 1.165) is 19.4 Å². The molecule has 84 valence electrons. The lowest BCUT2D eigenvalue weighted by Crippen LogP contribution is -2.38. The molecule has 0 saturated heterocycles. The van der Waals surface area contributed by atoms with Crippen LogP contribution in [0, 0.1) is 0 Å². The van der Waals surface area contributed by atoms with Gasteiger partial charge in [-0.25, -0.2) is 15.0 Å². The van der Waals surface area contributed by atoms with Crippen molar-refractivity contribution >= 4 is 17.7 Å². The Labute approximate surface area is 95.2 Å². The van der Waals surface area contributed by atoms with Crippen LogP contribution in [-0.2, 0) is 0 Å². The molecule has 0 aliphatic heterocycles. The monoisotopic (exact) mass is 229 g/mol. The molecule has 0 saturated carbocycles. The number of hydrogen-bond donors (Lipinski definition) is 0. The molecule has 0 aliphatic carbocycles. The molecule has 1 heterocycles. The first-order valence-corrected chi connectivity index (χ1v) is 5.46. The predicted octanol–water partition coefficient (Wildman–Crippen LogP) is 1.87. The summed E-state index contributed by atoms with van der Waals surface area (Å²) in [7, 11) is 0. The highest BCUT2D eigenvalue weighted by Crippen LogP contribution is 2.12. The fourth-order valence-electron chi connectivity index (χ4n) is 1.15. The van der Waals surface area contributed by atoms with E-state index in [1.807, 2.05) is 11.9 Å². The van der Waals surface area contributed by atoms with Crippen molar-refractivity contribution in [2.75, 3.05) is 18.1 Å². The van der Waals surface area contributed by atoms with Crippen LogP contribution in [0.25, 0.3) is 0 Å². The third-order valence-corrected chi connectivity index (χ3v) is 2.38. The lowest BCUT2D eigenvalue weighted by Gasteiger charge is -2.27. The first-order chi connectivity index (χ1) is 7.29. The molecule has 0 aliphatic rings. The maximum atomic E-state index is 6.06. The SMILES string of the molecule is CCCCN(c1ncncn1)N(Cl)CC. The van der Waals surface area contributed by atoms with Gasteiger partial charge in [0.15, 0.2) is 0 Å². The Hall–Kier alpha value is -0.940. The lowest BCUT2D eigenvalue weighted by molar-refractivity contribution is 0.419. The maximum absolute atomic E-state index is 6.06. The van der Waals surface area contributed by atoms with Crippen molar-refractivity contribution in [2.45, 2.75) is 26.7 Å². The van der Waals surface area contributed by atoms with Crippen molar-refractivity contribution in [1.82, 2.24) is 19.5 Å². The highest BCUT2D eigenvalue weighted by molar-refractivity contribution is 6.14. The van der Waals surface area contributed by atoms with E-state index < -0.39 is 0 Å². The van der Waals surface area contributed by atoms with Gasteiger partial charge in [-0.1, -0.05) is 13.3 Å². The number of aromatic nitrogens is 3. The van der Waals surface area contributed by atoms with Crippen LogP contribution in [-0.4, -0.2) is 32.6 Å². The van der Waals surface area contributed by atoms with Gasteiger partial charge in [-0.2, -0.15) is 0 Å². The first kappa shape index (κ1) is 12.1. The second-order valence-corrected chi connectivity index (χ2v) is 3.46. The maximum Gasteiger partial charge on any atom is 0.244 e. The number of halogens is 1. The van der Waals surface area contributed by atoms with E-state index >= 15 is 0 Å². The number of anilines is 1. The molecule has 0 unspecified atom stereocenters. The van der Waals surface area contributed by atoms with E-state index in [9.17, 15) is 0 Å². The highest BCUT2D eigenvalue weighted by Gasteiger charge is 2.14. The van der Waals surface area contributed by atoms with E-state index in [2.05, 4.69) is 21.9 Å². The van der Waals surface area contributed by atoms with Crippen LogP contribution >= 0.6 is 11.8 Å². The average Bonchev–Trinajstić information content (AvgIpc) is 2.30. The van der Waals surface area contributed by atoms with E-state index in [1.165, 1.54) is 12.7 Å². The molecule has 1 aromatic heterocycles. The third-order valence-electron chi connectivity index (χ3n) is 1.96. The van der Waals surface area contributed by atoms with Gasteiger partial charge >= 0.3 is 0 Å². The lowest BCUT2D eigenvalue weighted by atomic mass is 10.3. The molecule has 1 rings (SSSR count). The Kier molecular flexibility index (Phi) is 5.28. The average molecular weight is 230 g/mol. The van der Waals surface area contributed by atoms with Gasteiger partial charge in [0.05, 0.1) is 0 Å². The van der Waals surface area contributed by atoms with Crippen molar-refractivity contribution in [3.8, 4) is 0 Å². The second-order valence-electron chi connectivity index (χ2n) is 3.07. The van der Waals surface area contributed by atoms with Gasteiger partial charge < -0.3 is 0 Å². The predicted molar refractivity (Wildman–Crippen MR) is 60.3 cm³/mol. The number of hydrazine groups is 1. The molecule has 0 N–H and O–H groups in total. The molecule has 0 fully saturated rings. The van der Waals surface area contributed by atoms with Crippen LogP contribution < -0.4 is 5.01 Å². The summed E-state index contributed by atoms with van der Waals surface area (Å²) in [6.07, 6.45) is 5.11. The fraction of sp³-hybridized carbons (Fsp3) is 0.667. The zero-order valence-electron chi connectivity index (χ0n) is 9.10. The zero-order chi connectivity index (χ0) is 11.1. The van der Waals surface area contributed by atoms with E-state index in [0.29, 0.717) is 12.5 Å². The summed E-state index contributed by atoms with van der Waals surface area (Å²) in [5, 5.41) is 1.85. The number of unbranched alkanes of at least 4 members (excludes halogenated alkanes) is 1. The summed E-state index contributed by atoms with van der Waals surface area (Å²) in [6, 6.07) is 0. The van der Waals surface area contributed by atoms with E-state index in [1.54, 1.807) is 4.53 Å². The molecule has 0 aromatic carbocycles. The van der Waals surface area contributed by atoms with Crippen LogP contribution in [0.2, 0.25) is 0 Å². The fourth-order valence-corrected chi connectivity index (χ4v) is 1.29. The van der Waals surface area contributed by atoms with Crippen molar-refractivity contribution in [3.05, 3.63) is 12.7 Å². The van der Waals surface area contributed by atoms with Gasteiger partial charge in [0, 0.05) is 13.1 Å². The molecule has 0 radical (unpaired) electrons. The Bertz CT molecular complexity index is 268. The molecule has 0 amide bonds. The molecule has 1 aromatic rings. The summed E-state index contributed by atoms with van der Waals surface area (Å²) < 4.78 is 1.59. The summed E-state index contributed by atoms with van der Waals surface area (Å²) in [5.41, 5.74) is 0. The molecule has 15 heavy (non-hydrogen) atoms. The van der Waals surface area contributed by atoms with Crippen LogP contribution in [0.5, 0.6) is 0 Å². The Morgan fingerprint density at radius 2 is 1.93 bits per heavy atom. The van der Waals surface area contributed by atoms with Crippen LogP contribution in [0.1, 0.15) is 26.7 Å². The minimum Gasteiger partial charge on any atom is -0.259 e. The third kappa shape index (κ3) is 3.60. The summed E-state index contributed by atoms with van der Waals surface area (Å²) in [6.45, 7) is 5.64. The summed E-state index contributed by atoms with van der Waals surface area (Å²) in [4.78, 5) is 11.9. The molecule has 5 nitrogen and oxygen atoms in total. The molecule has 0 bridgehead atoms. The van der Waals surface area contributed by atoms with E-state index in [4.69, 9.17) is 11.8 Å². The smallest absolute Gasteiger partial charge is 0.244 e. The number of rotatable bonds is 6. The van der Waals surface area contributed by atoms with Crippen LogP contribution in [0.3, 0.4) is 0 Å². The quantitative estimate of drug-likeness (QED) is 0.551. The van der Waals surface area contributed by atoms with Crippen molar-refractivity contribution in [3.63, 3.8) is 0 Å². The molecule has 0 atom stereocenters. The standard InChI is InChI=1S/C9H16ClN5/c1-3-5-6-14(15(10)4-2)9-12-7-11-8-13-9/h7-8H,3-6H2,1-2H3. The molecule has 0 spiro atoms. The molecular weight excluding hydrogens is 214 g/mol. The largest absolute Gasteiger partial charge is 0.259 e. The minimum absolute atomic E-state index is 0.593. The van der Waals surface area contributed by atoms with Crippen molar-refractivity contribution < 1.29 is 0 Å².